The quantitative estimate of drug-likeness (QED) is 0.702. The summed E-state index contributed by atoms with van der Waals surface area (Å²) in [4.78, 5) is 0. The molecule has 10 heavy (non-hydrogen) atoms. The Balaban J connectivity index is 4.21. The van der Waals surface area contributed by atoms with Crippen LogP contribution in [0.3, 0.4) is 0 Å². The van der Waals surface area contributed by atoms with Crippen molar-refractivity contribution in [1.29, 1.82) is 0 Å². The van der Waals surface area contributed by atoms with Gasteiger partial charge in [0.1, 0.15) is 0 Å². The zero-order valence-corrected chi connectivity index (χ0v) is 10.1. The van der Waals surface area contributed by atoms with E-state index in [1.54, 1.807) is 0 Å². The zero-order valence-electron chi connectivity index (χ0n) is 6.89. The Bertz CT molecular complexity index is 164. The van der Waals surface area contributed by atoms with Crippen molar-refractivity contribution in [2.75, 3.05) is 0 Å². The van der Waals surface area contributed by atoms with Crippen LogP contribution in [0.15, 0.2) is 23.8 Å². The van der Waals surface area contributed by atoms with Crippen LogP contribution in [-0.2, 0) is 19.4 Å². The summed E-state index contributed by atoms with van der Waals surface area (Å²) in [6, 6.07) is 0. The van der Waals surface area contributed by atoms with E-state index in [2.05, 4.69) is 37.8 Å². The predicted molar refractivity (Wildman–Crippen MR) is 45.2 cm³/mol. The molecule has 0 aliphatic heterocycles. The van der Waals surface area contributed by atoms with E-state index in [0.717, 1.165) is 0 Å². The van der Waals surface area contributed by atoms with E-state index in [0.29, 0.717) is 5.92 Å². The first-order valence-electron chi connectivity index (χ1n) is 3.43. The molecule has 0 radical (unpaired) electrons. The summed E-state index contributed by atoms with van der Waals surface area (Å²) in [5, 5.41) is 0. The van der Waals surface area contributed by atoms with Crippen molar-refractivity contribution in [2.45, 2.75) is 20.8 Å². The number of allylic oxidation sites excluding steroid dienone is 3. The summed E-state index contributed by atoms with van der Waals surface area (Å²) in [6.45, 7) is 10.5. The summed E-state index contributed by atoms with van der Waals surface area (Å²) in [7, 11) is 0. The SMILES string of the molecule is C=C(/C(C)=C\[CH]=[WH])C(C)C. The Morgan fingerprint density at radius 1 is 1.50 bits per heavy atom. The Morgan fingerprint density at radius 3 is 2.30 bits per heavy atom. The van der Waals surface area contributed by atoms with Gasteiger partial charge in [0.25, 0.3) is 0 Å². The summed E-state index contributed by atoms with van der Waals surface area (Å²) < 4.78 is 2.16. The maximum absolute atomic E-state index is 4.00. The summed E-state index contributed by atoms with van der Waals surface area (Å²) in [5.41, 5.74) is 2.57. The Morgan fingerprint density at radius 2 is 2.00 bits per heavy atom. The number of hydrogen-bond donors (Lipinski definition) is 0. The summed E-state index contributed by atoms with van der Waals surface area (Å²) >= 11 is 1.31. The molecule has 0 N–H and O–H groups in total. The molecular weight excluding hydrogens is 292 g/mol. The molecule has 0 aliphatic rings. The minimum absolute atomic E-state index is 0.578. The van der Waals surface area contributed by atoms with E-state index in [9.17, 15) is 0 Å². The fourth-order valence-corrected chi connectivity index (χ4v) is 1.48. The van der Waals surface area contributed by atoms with Crippen LogP contribution in [0.2, 0.25) is 0 Å². The molecule has 0 heterocycles. The number of hydrogen-bond acceptors (Lipinski definition) is 0. The third-order valence-electron chi connectivity index (χ3n) is 1.53. The van der Waals surface area contributed by atoms with E-state index in [-0.39, 0.29) is 0 Å². The molecule has 0 rings (SSSR count). The average molecular weight is 307 g/mol. The summed E-state index contributed by atoms with van der Waals surface area (Å²) in [5.74, 6) is 0.578. The van der Waals surface area contributed by atoms with Crippen LogP contribution in [0.25, 0.3) is 0 Å². The average Bonchev–Trinajstić information content (AvgIpc) is 1.87. The second kappa shape index (κ2) is 4.79. The number of rotatable bonds is 3. The Hall–Kier alpha value is 0.0383. The van der Waals surface area contributed by atoms with Crippen molar-refractivity contribution in [3.8, 4) is 0 Å². The van der Waals surface area contributed by atoms with Gasteiger partial charge in [0.05, 0.1) is 0 Å². The Kier molecular flexibility index (Phi) is 4.81. The first-order chi connectivity index (χ1) is 4.59. The van der Waals surface area contributed by atoms with Gasteiger partial charge in [-0.05, 0) is 0 Å². The van der Waals surface area contributed by atoms with Crippen LogP contribution in [0, 0.1) is 5.92 Å². The van der Waals surface area contributed by atoms with Gasteiger partial charge in [0, 0.05) is 0 Å². The van der Waals surface area contributed by atoms with Gasteiger partial charge in [-0.25, -0.2) is 0 Å². The van der Waals surface area contributed by atoms with Gasteiger partial charge in [-0.1, -0.05) is 0 Å². The molecule has 0 nitrogen and oxygen atoms in total. The molecule has 0 bridgehead atoms. The first kappa shape index (κ1) is 10.0. The maximum atomic E-state index is 4.00. The molecule has 57 valence electrons. The normalized spacial score (nSPS) is 11.8. The topological polar surface area (TPSA) is 0 Å². The summed E-state index contributed by atoms with van der Waals surface area (Å²) in [6.07, 6.45) is 2.15. The molecule has 0 aromatic heterocycles. The van der Waals surface area contributed by atoms with E-state index >= 15 is 0 Å². The standard InChI is InChI=1S/C9H14.W.H/c1-6-8(4)9(5)7(2)3;;/h1,6-7H,5H2,2-4H3;;/b8-6-;;. The molecule has 0 saturated heterocycles. The van der Waals surface area contributed by atoms with Crippen LogP contribution in [-0.4, -0.2) is 4.40 Å². The third-order valence-corrected chi connectivity index (χ3v) is 2.06. The molecule has 0 spiro atoms. The van der Waals surface area contributed by atoms with Gasteiger partial charge in [-0.3, -0.25) is 0 Å². The van der Waals surface area contributed by atoms with E-state index in [1.165, 1.54) is 30.5 Å². The van der Waals surface area contributed by atoms with Crippen molar-refractivity contribution in [1.82, 2.24) is 0 Å². The van der Waals surface area contributed by atoms with Crippen LogP contribution < -0.4 is 0 Å². The molecule has 0 saturated carbocycles. The van der Waals surface area contributed by atoms with Crippen LogP contribution >= 0.6 is 0 Å². The fourth-order valence-electron chi connectivity index (χ4n) is 0.674. The van der Waals surface area contributed by atoms with Gasteiger partial charge in [-0.2, -0.15) is 0 Å². The molecule has 0 unspecified atom stereocenters. The monoisotopic (exact) mass is 307 g/mol. The van der Waals surface area contributed by atoms with Gasteiger partial charge in [0.2, 0.25) is 0 Å². The van der Waals surface area contributed by atoms with Gasteiger partial charge in [-0.15, -0.1) is 0 Å². The second-order valence-electron chi connectivity index (χ2n) is 2.68. The Labute approximate surface area is 74.4 Å². The molecule has 1 heteroatoms. The van der Waals surface area contributed by atoms with Crippen LogP contribution in [0.1, 0.15) is 20.8 Å². The van der Waals surface area contributed by atoms with Gasteiger partial charge >= 0.3 is 74.2 Å². The van der Waals surface area contributed by atoms with Crippen molar-refractivity contribution < 1.29 is 19.4 Å². The molecular formula is C9H15W. The van der Waals surface area contributed by atoms with E-state index in [1.807, 2.05) is 0 Å². The molecule has 0 amide bonds. The molecule has 0 aliphatic carbocycles. The van der Waals surface area contributed by atoms with Crippen molar-refractivity contribution >= 4 is 4.40 Å². The van der Waals surface area contributed by atoms with E-state index < -0.39 is 0 Å². The van der Waals surface area contributed by atoms with Crippen molar-refractivity contribution in [3.05, 3.63) is 23.8 Å². The van der Waals surface area contributed by atoms with Gasteiger partial charge < -0.3 is 0 Å². The van der Waals surface area contributed by atoms with Gasteiger partial charge in [0.15, 0.2) is 0 Å². The molecule has 0 atom stereocenters. The van der Waals surface area contributed by atoms with Crippen molar-refractivity contribution in [2.24, 2.45) is 5.92 Å². The molecule has 0 fully saturated rings. The third kappa shape index (κ3) is 3.27. The predicted octanol–water partition coefficient (Wildman–Crippen LogP) is 2.23. The zero-order chi connectivity index (χ0) is 8.15. The van der Waals surface area contributed by atoms with Crippen LogP contribution in [0.5, 0.6) is 0 Å². The van der Waals surface area contributed by atoms with Crippen LogP contribution in [0.4, 0.5) is 0 Å². The minimum atomic E-state index is 0.578. The fraction of sp³-hybridized carbons (Fsp3) is 0.444. The van der Waals surface area contributed by atoms with E-state index in [4.69, 9.17) is 0 Å². The molecule has 0 aromatic rings. The second-order valence-corrected chi connectivity index (χ2v) is 3.75. The first-order valence-corrected chi connectivity index (χ1v) is 5.28. The van der Waals surface area contributed by atoms with Crippen molar-refractivity contribution in [3.63, 3.8) is 0 Å². The molecule has 0 aromatic carbocycles.